The molecule has 0 spiro atoms. The number of hydrogen-bond donors (Lipinski definition) is 3. The molecule has 0 aromatic rings. The number of piperazine rings is 1. The van der Waals surface area contributed by atoms with Crippen LogP contribution < -0.4 is 16.0 Å². The van der Waals surface area contributed by atoms with E-state index in [4.69, 9.17) is 0 Å². The second-order valence-corrected chi connectivity index (χ2v) is 6.13. The van der Waals surface area contributed by atoms with Gasteiger partial charge in [0.15, 0.2) is 0 Å². The van der Waals surface area contributed by atoms with Gasteiger partial charge in [0.25, 0.3) is 0 Å². The van der Waals surface area contributed by atoms with Gasteiger partial charge in [-0.25, -0.2) is 0 Å². The Balaban J connectivity index is 1.86. The fraction of sp³-hybridized carbons (Fsp3) is 0.857. The highest BCUT2D eigenvalue weighted by molar-refractivity contribution is 5.86. The average Bonchev–Trinajstić information content (AvgIpc) is 2.46. The van der Waals surface area contributed by atoms with Gasteiger partial charge < -0.3 is 15.5 Å². The molecule has 0 aromatic carbocycles. The van der Waals surface area contributed by atoms with Crippen LogP contribution in [0, 0.1) is 0 Å². The van der Waals surface area contributed by atoms with Crippen molar-refractivity contribution in [3.8, 4) is 0 Å². The molecule has 1 heterocycles. The number of hydrogen-bond acceptors (Lipinski definition) is 4. The zero-order valence-corrected chi connectivity index (χ0v) is 12.5. The molecule has 6 nitrogen and oxygen atoms in total. The highest BCUT2D eigenvalue weighted by Gasteiger charge is 2.35. The van der Waals surface area contributed by atoms with E-state index in [1.165, 1.54) is 19.3 Å². The number of carbonyl (C=O) groups is 2. The topological polar surface area (TPSA) is 73.5 Å². The second-order valence-electron chi connectivity index (χ2n) is 6.13. The summed E-state index contributed by atoms with van der Waals surface area (Å²) in [6.45, 7) is 1.28. The van der Waals surface area contributed by atoms with Crippen LogP contribution in [0.15, 0.2) is 0 Å². The van der Waals surface area contributed by atoms with Gasteiger partial charge in [-0.05, 0) is 26.9 Å². The Labute approximate surface area is 120 Å². The van der Waals surface area contributed by atoms with Gasteiger partial charge in [-0.1, -0.05) is 19.3 Å². The number of carbonyl (C=O) groups excluding carboxylic acids is 2. The number of amides is 2. The smallest absolute Gasteiger partial charge is 0.239 e. The molecule has 0 bridgehead atoms. The third-order valence-corrected chi connectivity index (χ3v) is 4.65. The molecular weight excluding hydrogens is 256 g/mol. The molecule has 0 aromatic heterocycles. The molecule has 1 aliphatic carbocycles. The Morgan fingerprint density at radius 3 is 2.60 bits per heavy atom. The first-order valence-electron chi connectivity index (χ1n) is 7.49. The van der Waals surface area contributed by atoms with Crippen LogP contribution in [0.3, 0.4) is 0 Å². The van der Waals surface area contributed by atoms with E-state index in [-0.39, 0.29) is 29.9 Å². The fourth-order valence-electron chi connectivity index (χ4n) is 3.12. The maximum absolute atomic E-state index is 12.2. The minimum absolute atomic E-state index is 0.0169. The molecule has 1 aliphatic heterocycles. The van der Waals surface area contributed by atoms with Crippen LogP contribution in [-0.2, 0) is 9.59 Å². The molecule has 1 saturated heterocycles. The molecule has 2 aliphatic rings. The number of likely N-dealkylation sites (N-methyl/N-ethyl adjacent to an activating group) is 1. The van der Waals surface area contributed by atoms with Gasteiger partial charge in [0.1, 0.15) is 6.04 Å². The number of rotatable bonds is 4. The first-order chi connectivity index (χ1) is 9.53. The van der Waals surface area contributed by atoms with Crippen molar-refractivity contribution in [2.45, 2.75) is 43.7 Å². The Morgan fingerprint density at radius 1 is 1.35 bits per heavy atom. The standard InChI is InChI=1S/C14H26N4O2/c1-18(2)14(6-4-3-5-7-14)10-17-13(20)11-8-16-12(19)9-15-11/h11,15H,3-10H2,1-2H3,(H,16,19)(H,17,20). The van der Waals surface area contributed by atoms with Gasteiger partial charge in [0.2, 0.25) is 11.8 Å². The monoisotopic (exact) mass is 282 g/mol. The van der Waals surface area contributed by atoms with E-state index in [9.17, 15) is 9.59 Å². The van der Waals surface area contributed by atoms with Crippen LogP contribution in [0.5, 0.6) is 0 Å². The first kappa shape index (κ1) is 15.3. The lowest BCUT2D eigenvalue weighted by molar-refractivity contribution is -0.127. The molecule has 1 atom stereocenters. The highest BCUT2D eigenvalue weighted by Crippen LogP contribution is 2.31. The number of nitrogens with one attached hydrogen (secondary N) is 3. The van der Waals surface area contributed by atoms with Crippen molar-refractivity contribution in [2.75, 3.05) is 33.7 Å². The molecule has 0 radical (unpaired) electrons. The summed E-state index contributed by atoms with van der Waals surface area (Å²) in [7, 11) is 4.19. The summed E-state index contributed by atoms with van der Waals surface area (Å²) in [5.74, 6) is -0.0668. The normalized spacial score (nSPS) is 26.1. The Morgan fingerprint density at radius 2 is 2.05 bits per heavy atom. The molecule has 3 N–H and O–H groups in total. The van der Waals surface area contributed by atoms with Crippen LogP contribution in [0.25, 0.3) is 0 Å². The maximum atomic E-state index is 12.2. The molecule has 2 rings (SSSR count). The van der Waals surface area contributed by atoms with Gasteiger partial charge in [-0.15, -0.1) is 0 Å². The van der Waals surface area contributed by atoms with Crippen molar-refractivity contribution < 1.29 is 9.59 Å². The zero-order valence-electron chi connectivity index (χ0n) is 12.5. The molecule has 1 saturated carbocycles. The zero-order chi connectivity index (χ0) is 14.6. The van der Waals surface area contributed by atoms with Gasteiger partial charge in [0.05, 0.1) is 6.54 Å². The van der Waals surface area contributed by atoms with Crippen LogP contribution in [0.4, 0.5) is 0 Å². The van der Waals surface area contributed by atoms with Crippen LogP contribution in [0.1, 0.15) is 32.1 Å². The number of nitrogens with zero attached hydrogens (tertiary/aromatic N) is 1. The van der Waals surface area contributed by atoms with Crippen molar-refractivity contribution in [1.82, 2.24) is 20.9 Å². The van der Waals surface area contributed by atoms with E-state index in [0.29, 0.717) is 13.1 Å². The molecular formula is C14H26N4O2. The largest absolute Gasteiger partial charge is 0.353 e. The predicted molar refractivity (Wildman–Crippen MR) is 77.3 cm³/mol. The van der Waals surface area contributed by atoms with E-state index in [1.807, 2.05) is 0 Å². The minimum atomic E-state index is -0.310. The summed E-state index contributed by atoms with van der Waals surface area (Å²) in [5.41, 5.74) is 0.0891. The lowest BCUT2D eigenvalue weighted by atomic mass is 9.80. The van der Waals surface area contributed by atoms with E-state index >= 15 is 0 Å². The molecule has 1 unspecified atom stereocenters. The van der Waals surface area contributed by atoms with Crippen molar-refractivity contribution in [3.63, 3.8) is 0 Å². The summed E-state index contributed by atoms with van der Waals surface area (Å²) in [5, 5.41) is 8.74. The van der Waals surface area contributed by atoms with E-state index in [1.54, 1.807) is 0 Å². The third-order valence-electron chi connectivity index (χ3n) is 4.65. The molecule has 2 fully saturated rings. The lowest BCUT2D eigenvalue weighted by Crippen LogP contribution is -2.60. The van der Waals surface area contributed by atoms with Gasteiger partial charge in [0, 0.05) is 18.6 Å². The maximum Gasteiger partial charge on any atom is 0.239 e. The van der Waals surface area contributed by atoms with Crippen molar-refractivity contribution in [2.24, 2.45) is 0 Å². The molecule has 114 valence electrons. The van der Waals surface area contributed by atoms with E-state index in [0.717, 1.165) is 12.8 Å². The fourth-order valence-corrected chi connectivity index (χ4v) is 3.12. The average molecular weight is 282 g/mol. The Kier molecular flexibility index (Phi) is 4.99. The summed E-state index contributed by atoms with van der Waals surface area (Å²) in [6.07, 6.45) is 6.02. The molecule has 6 heteroatoms. The third kappa shape index (κ3) is 3.49. The summed E-state index contributed by atoms with van der Waals surface area (Å²) < 4.78 is 0. The highest BCUT2D eigenvalue weighted by atomic mass is 16.2. The summed E-state index contributed by atoms with van der Waals surface area (Å²) >= 11 is 0. The van der Waals surface area contributed by atoms with E-state index in [2.05, 4.69) is 34.9 Å². The Bertz CT molecular complexity index is 354. The van der Waals surface area contributed by atoms with Crippen LogP contribution in [-0.4, -0.2) is 62.0 Å². The molecule has 20 heavy (non-hydrogen) atoms. The van der Waals surface area contributed by atoms with Crippen molar-refractivity contribution in [3.05, 3.63) is 0 Å². The van der Waals surface area contributed by atoms with Crippen LogP contribution >= 0.6 is 0 Å². The second kappa shape index (κ2) is 6.54. The van der Waals surface area contributed by atoms with Gasteiger partial charge >= 0.3 is 0 Å². The first-order valence-corrected chi connectivity index (χ1v) is 7.49. The Hall–Kier alpha value is -1.14. The van der Waals surface area contributed by atoms with E-state index < -0.39 is 0 Å². The molecule has 2 amide bonds. The summed E-state index contributed by atoms with van der Waals surface area (Å²) in [4.78, 5) is 25.5. The van der Waals surface area contributed by atoms with Gasteiger partial charge in [-0.3, -0.25) is 14.9 Å². The minimum Gasteiger partial charge on any atom is -0.353 e. The van der Waals surface area contributed by atoms with Crippen molar-refractivity contribution in [1.29, 1.82) is 0 Å². The predicted octanol–water partition coefficient (Wildman–Crippen LogP) is -0.545. The summed E-state index contributed by atoms with van der Waals surface area (Å²) in [6, 6.07) is -0.310. The van der Waals surface area contributed by atoms with Crippen molar-refractivity contribution >= 4 is 11.8 Å². The quantitative estimate of drug-likeness (QED) is 0.647. The SMILES string of the molecule is CN(C)C1(CNC(=O)C2CNC(=O)CN2)CCCCC1. The van der Waals surface area contributed by atoms with Gasteiger partial charge in [-0.2, -0.15) is 0 Å². The van der Waals surface area contributed by atoms with Crippen LogP contribution in [0.2, 0.25) is 0 Å². The lowest BCUT2D eigenvalue weighted by Gasteiger charge is -2.43.